The first-order valence-corrected chi connectivity index (χ1v) is 14.2. The summed E-state index contributed by atoms with van der Waals surface area (Å²) in [6, 6.07) is 10.3. The van der Waals surface area contributed by atoms with Gasteiger partial charge in [-0.2, -0.15) is 0 Å². The molecule has 4 aliphatic carbocycles. The maximum atomic E-state index is 13.7. The number of benzene rings is 1. The van der Waals surface area contributed by atoms with Gasteiger partial charge in [0.15, 0.2) is 5.78 Å². The quantitative estimate of drug-likeness (QED) is 0.510. The summed E-state index contributed by atoms with van der Waals surface area (Å²) in [5, 5.41) is 10.9. The molecule has 4 fully saturated rings. The number of carbonyl (C=O) groups is 1. The second-order valence-electron chi connectivity index (χ2n) is 13.2. The van der Waals surface area contributed by atoms with Gasteiger partial charge in [0, 0.05) is 32.4 Å². The van der Waals surface area contributed by atoms with E-state index in [1.807, 2.05) is 25.3 Å². The molecule has 0 saturated heterocycles. The monoisotopic (exact) mass is 481 g/mol. The number of hydrogen-bond acceptors (Lipinski definition) is 4. The van der Waals surface area contributed by atoms with Crippen LogP contribution in [0.4, 0.5) is 5.69 Å². The number of ether oxygens (including phenoxy) is 1. The number of rotatable bonds is 7. The number of ketones is 1. The molecule has 5 rings (SSSR count). The normalized spacial score (nSPS) is 42.6. The molecule has 4 nitrogen and oxygen atoms in total. The summed E-state index contributed by atoms with van der Waals surface area (Å²) in [5.41, 5.74) is 1.08. The average Bonchev–Trinajstić information content (AvgIpc) is 3.20. The molecule has 194 valence electrons. The van der Waals surface area contributed by atoms with Gasteiger partial charge in [0.2, 0.25) is 0 Å². The minimum atomic E-state index is -0.507. The number of Topliss-reactive ketones (excluding diaryl/α,β-unsaturated/α-hetero) is 1. The predicted octanol–water partition coefficient (Wildman–Crippen LogP) is 6.12. The SMILES string of the molecule is COCC[C@]12CC[C@@](C)(O)C[C@H]1CC[C@H]1[C@@H]3CC[C@H](C(=O)CN(C)c4ccccc4)[C@@]3(C)CC[C@@H]12. The topological polar surface area (TPSA) is 49.8 Å². The zero-order valence-electron chi connectivity index (χ0n) is 22.5. The molecular weight excluding hydrogens is 434 g/mol. The molecule has 0 radical (unpaired) electrons. The molecule has 8 atom stereocenters. The van der Waals surface area contributed by atoms with Gasteiger partial charge in [-0.15, -0.1) is 0 Å². The highest BCUT2D eigenvalue weighted by molar-refractivity contribution is 5.86. The Morgan fingerprint density at radius 2 is 1.80 bits per heavy atom. The Kier molecular flexibility index (Phi) is 6.85. The molecule has 0 bridgehead atoms. The summed E-state index contributed by atoms with van der Waals surface area (Å²) in [5.74, 6) is 3.38. The van der Waals surface area contributed by atoms with Gasteiger partial charge in [-0.1, -0.05) is 25.1 Å². The summed E-state index contributed by atoms with van der Waals surface area (Å²) in [6.07, 6.45) is 11.4. The lowest BCUT2D eigenvalue weighted by molar-refractivity contribution is -0.163. The van der Waals surface area contributed by atoms with Crippen molar-refractivity contribution in [2.24, 2.45) is 40.4 Å². The molecule has 4 saturated carbocycles. The van der Waals surface area contributed by atoms with Gasteiger partial charge in [-0.05, 0) is 118 Å². The van der Waals surface area contributed by atoms with Crippen LogP contribution in [-0.4, -0.2) is 43.8 Å². The molecule has 1 aromatic rings. The van der Waals surface area contributed by atoms with Crippen LogP contribution in [0.15, 0.2) is 30.3 Å². The first-order valence-electron chi connectivity index (χ1n) is 14.2. The Balaban J connectivity index is 1.34. The maximum Gasteiger partial charge on any atom is 0.155 e. The number of likely N-dealkylation sites (N-methyl/N-ethyl adjacent to an activating group) is 1. The third-order valence-electron chi connectivity index (χ3n) is 11.4. The second kappa shape index (κ2) is 9.49. The Morgan fingerprint density at radius 1 is 1.03 bits per heavy atom. The highest BCUT2D eigenvalue weighted by Gasteiger charge is 2.62. The van der Waals surface area contributed by atoms with Gasteiger partial charge in [0.1, 0.15) is 0 Å². The lowest BCUT2D eigenvalue weighted by Crippen LogP contribution is -2.57. The zero-order valence-corrected chi connectivity index (χ0v) is 22.5. The lowest BCUT2D eigenvalue weighted by Gasteiger charge is -2.63. The van der Waals surface area contributed by atoms with Crippen molar-refractivity contribution >= 4 is 11.5 Å². The Bertz CT molecular complexity index is 900. The van der Waals surface area contributed by atoms with E-state index in [0.717, 1.165) is 56.2 Å². The number of anilines is 1. The van der Waals surface area contributed by atoms with Crippen LogP contribution in [0, 0.1) is 40.4 Å². The second-order valence-corrected chi connectivity index (χ2v) is 13.2. The Morgan fingerprint density at radius 3 is 2.54 bits per heavy atom. The minimum Gasteiger partial charge on any atom is -0.390 e. The minimum absolute atomic E-state index is 0.144. The number of nitrogens with zero attached hydrogens (tertiary/aromatic N) is 1. The van der Waals surface area contributed by atoms with Gasteiger partial charge in [-0.25, -0.2) is 0 Å². The van der Waals surface area contributed by atoms with E-state index in [2.05, 4.69) is 37.9 Å². The standard InChI is InChI=1S/C31H47NO3/c1-29(34)16-17-31(18-19-35-4)22(20-29)10-11-24-25-12-13-27(30(25,2)15-14-26(24)31)28(33)21-32(3)23-8-6-5-7-9-23/h5-9,22,24-27,34H,10-21H2,1-4H3/t22-,24+,25+,26+,27-,29-,30+,31-/m1/s1. The van der Waals surface area contributed by atoms with Crippen molar-refractivity contribution in [3.63, 3.8) is 0 Å². The Labute approximate surface area is 212 Å². The summed E-state index contributed by atoms with van der Waals surface area (Å²) in [4.78, 5) is 15.8. The van der Waals surface area contributed by atoms with E-state index >= 15 is 0 Å². The van der Waals surface area contributed by atoms with E-state index in [9.17, 15) is 9.90 Å². The number of hydrogen-bond donors (Lipinski definition) is 1. The van der Waals surface area contributed by atoms with Gasteiger partial charge < -0.3 is 14.7 Å². The number of carbonyl (C=O) groups excluding carboxylic acids is 1. The smallest absolute Gasteiger partial charge is 0.155 e. The molecule has 4 aliphatic rings. The molecular formula is C31H47NO3. The number of aliphatic hydroxyl groups is 1. The van der Waals surface area contributed by atoms with Crippen LogP contribution in [0.1, 0.15) is 78.1 Å². The van der Waals surface area contributed by atoms with Crippen LogP contribution in [-0.2, 0) is 9.53 Å². The molecule has 1 aromatic carbocycles. The van der Waals surface area contributed by atoms with E-state index in [4.69, 9.17) is 4.74 Å². The zero-order chi connectivity index (χ0) is 24.8. The highest BCUT2D eigenvalue weighted by Crippen LogP contribution is 2.69. The van der Waals surface area contributed by atoms with Crippen LogP contribution in [0.2, 0.25) is 0 Å². The van der Waals surface area contributed by atoms with Crippen LogP contribution in [0.5, 0.6) is 0 Å². The molecule has 0 aliphatic heterocycles. The number of fused-ring (bicyclic) bond motifs is 5. The van der Waals surface area contributed by atoms with Crippen molar-refractivity contribution in [3.05, 3.63) is 30.3 Å². The first-order chi connectivity index (χ1) is 16.7. The van der Waals surface area contributed by atoms with E-state index in [1.54, 1.807) is 0 Å². The van der Waals surface area contributed by atoms with Gasteiger partial charge in [0.05, 0.1) is 12.1 Å². The van der Waals surface area contributed by atoms with Crippen molar-refractivity contribution in [1.82, 2.24) is 0 Å². The Hall–Kier alpha value is -1.39. The van der Waals surface area contributed by atoms with Crippen molar-refractivity contribution in [2.75, 3.05) is 32.2 Å². The van der Waals surface area contributed by atoms with E-state index in [-0.39, 0.29) is 11.3 Å². The fraction of sp³-hybridized carbons (Fsp3) is 0.774. The molecule has 4 heteroatoms. The van der Waals surface area contributed by atoms with Gasteiger partial charge >= 0.3 is 0 Å². The summed E-state index contributed by atoms with van der Waals surface area (Å²) in [6.45, 7) is 5.86. The summed E-state index contributed by atoms with van der Waals surface area (Å²) < 4.78 is 5.64. The van der Waals surface area contributed by atoms with Crippen LogP contribution < -0.4 is 4.90 Å². The van der Waals surface area contributed by atoms with E-state index < -0.39 is 5.60 Å². The van der Waals surface area contributed by atoms with Gasteiger partial charge in [0.25, 0.3) is 0 Å². The van der Waals surface area contributed by atoms with Crippen molar-refractivity contribution in [3.8, 4) is 0 Å². The largest absolute Gasteiger partial charge is 0.390 e. The predicted molar refractivity (Wildman–Crippen MR) is 141 cm³/mol. The third kappa shape index (κ3) is 4.37. The van der Waals surface area contributed by atoms with E-state index in [1.165, 1.54) is 32.1 Å². The molecule has 0 heterocycles. The molecule has 0 unspecified atom stereocenters. The van der Waals surface area contributed by atoms with E-state index in [0.29, 0.717) is 29.6 Å². The fourth-order valence-corrected chi connectivity index (χ4v) is 9.67. The number of methoxy groups -OCH3 is 1. The van der Waals surface area contributed by atoms with Crippen LogP contribution in [0.25, 0.3) is 0 Å². The molecule has 0 spiro atoms. The average molecular weight is 482 g/mol. The molecule has 0 amide bonds. The van der Waals surface area contributed by atoms with Crippen molar-refractivity contribution in [2.45, 2.75) is 83.7 Å². The third-order valence-corrected chi connectivity index (χ3v) is 11.4. The first kappa shape index (κ1) is 25.3. The van der Waals surface area contributed by atoms with Crippen LogP contribution >= 0.6 is 0 Å². The lowest BCUT2D eigenvalue weighted by atomic mass is 9.42. The van der Waals surface area contributed by atoms with Crippen molar-refractivity contribution in [1.29, 1.82) is 0 Å². The summed E-state index contributed by atoms with van der Waals surface area (Å²) in [7, 11) is 3.89. The van der Waals surface area contributed by atoms with Gasteiger partial charge in [-0.3, -0.25) is 4.79 Å². The molecule has 35 heavy (non-hydrogen) atoms. The number of para-hydroxylation sites is 1. The fourth-order valence-electron chi connectivity index (χ4n) is 9.67. The van der Waals surface area contributed by atoms with Crippen molar-refractivity contribution < 1.29 is 14.6 Å². The maximum absolute atomic E-state index is 13.7. The van der Waals surface area contributed by atoms with Crippen LogP contribution in [0.3, 0.4) is 0 Å². The highest BCUT2D eigenvalue weighted by atomic mass is 16.5. The summed E-state index contributed by atoms with van der Waals surface area (Å²) >= 11 is 0. The molecule has 0 aromatic heterocycles. The molecule has 1 N–H and O–H groups in total.